The largest absolute Gasteiger partial charge is 0.493 e. The average Bonchev–Trinajstić information content (AvgIpc) is 2.77. The quantitative estimate of drug-likeness (QED) is 0.464. The summed E-state index contributed by atoms with van der Waals surface area (Å²) in [7, 11) is 1.53. The van der Waals surface area contributed by atoms with Gasteiger partial charge in [0, 0.05) is 5.02 Å². The molecule has 0 aliphatic heterocycles. The van der Waals surface area contributed by atoms with Crippen LogP contribution in [0.4, 0.5) is 0 Å². The van der Waals surface area contributed by atoms with Gasteiger partial charge < -0.3 is 13.9 Å². The maximum atomic E-state index is 12.8. The summed E-state index contributed by atoms with van der Waals surface area (Å²) in [6.07, 6.45) is 0. The molecule has 0 aliphatic carbocycles. The maximum absolute atomic E-state index is 12.8. The van der Waals surface area contributed by atoms with Crippen molar-refractivity contribution >= 4 is 22.6 Å². The fourth-order valence-corrected chi connectivity index (χ4v) is 3.29. The fourth-order valence-electron chi connectivity index (χ4n) is 3.12. The Balaban J connectivity index is 1.62. The summed E-state index contributed by atoms with van der Waals surface area (Å²) in [5.74, 6) is 0.331. The highest BCUT2D eigenvalue weighted by molar-refractivity contribution is 6.31. The van der Waals surface area contributed by atoms with E-state index in [-0.39, 0.29) is 17.5 Å². The van der Waals surface area contributed by atoms with Crippen molar-refractivity contribution in [3.8, 4) is 11.5 Å². The van der Waals surface area contributed by atoms with Crippen LogP contribution < -0.4 is 20.8 Å². The van der Waals surface area contributed by atoms with Crippen LogP contribution in [0.2, 0.25) is 5.02 Å². The molecular formula is C23H18ClNO5. The molecule has 0 amide bonds. The molecule has 0 radical (unpaired) electrons. The smallest absolute Gasteiger partial charge is 0.422 e. The van der Waals surface area contributed by atoms with Crippen molar-refractivity contribution in [2.45, 2.75) is 13.2 Å². The van der Waals surface area contributed by atoms with Crippen molar-refractivity contribution < 1.29 is 13.9 Å². The number of fused-ring (bicyclic) bond motifs is 1. The molecule has 1 heterocycles. The van der Waals surface area contributed by atoms with Crippen LogP contribution in [0, 0.1) is 0 Å². The first-order valence-corrected chi connectivity index (χ1v) is 9.60. The first-order chi connectivity index (χ1) is 14.5. The third-order valence-corrected chi connectivity index (χ3v) is 4.88. The second-order valence-electron chi connectivity index (χ2n) is 6.66. The van der Waals surface area contributed by atoms with Crippen LogP contribution in [0.5, 0.6) is 11.5 Å². The normalized spacial score (nSPS) is 10.9. The molecule has 4 aromatic rings. The highest BCUT2D eigenvalue weighted by Crippen LogP contribution is 2.29. The molecule has 4 rings (SSSR count). The molecule has 0 bridgehead atoms. The highest BCUT2D eigenvalue weighted by Gasteiger charge is 2.13. The predicted octanol–water partition coefficient (Wildman–Crippen LogP) is 4.24. The van der Waals surface area contributed by atoms with Crippen LogP contribution >= 0.6 is 11.6 Å². The van der Waals surface area contributed by atoms with Crippen LogP contribution in [0.25, 0.3) is 11.0 Å². The van der Waals surface area contributed by atoms with E-state index in [2.05, 4.69) is 0 Å². The fraction of sp³-hybridized carbons (Fsp3) is 0.130. The number of benzene rings is 3. The zero-order valence-electron chi connectivity index (χ0n) is 16.1. The van der Waals surface area contributed by atoms with Crippen LogP contribution in [0.15, 0.2) is 80.7 Å². The molecule has 0 spiro atoms. The van der Waals surface area contributed by atoms with Crippen LogP contribution in [-0.2, 0) is 13.2 Å². The SMILES string of the molecule is COc1cc(Cn2c(=O)oc3ccc(Cl)cc3c2=O)ccc1OCc1ccccc1. The zero-order chi connectivity index (χ0) is 21.1. The van der Waals surface area contributed by atoms with E-state index in [1.165, 1.54) is 19.2 Å². The summed E-state index contributed by atoms with van der Waals surface area (Å²) in [6.45, 7) is 0.421. The van der Waals surface area contributed by atoms with Crippen molar-refractivity contribution in [2.75, 3.05) is 7.11 Å². The molecule has 0 saturated carbocycles. The Hall–Kier alpha value is -3.51. The molecule has 6 nitrogen and oxygen atoms in total. The molecule has 0 N–H and O–H groups in total. The predicted molar refractivity (Wildman–Crippen MR) is 115 cm³/mol. The van der Waals surface area contributed by atoms with Gasteiger partial charge in [0.2, 0.25) is 0 Å². The monoisotopic (exact) mass is 423 g/mol. The number of hydrogen-bond acceptors (Lipinski definition) is 5. The Kier molecular flexibility index (Phi) is 5.59. The highest BCUT2D eigenvalue weighted by atomic mass is 35.5. The zero-order valence-corrected chi connectivity index (χ0v) is 16.9. The van der Waals surface area contributed by atoms with Gasteiger partial charge in [0.25, 0.3) is 5.56 Å². The lowest BCUT2D eigenvalue weighted by molar-refractivity contribution is 0.284. The summed E-state index contributed by atoms with van der Waals surface area (Å²) >= 11 is 5.98. The topological polar surface area (TPSA) is 70.7 Å². The molecule has 7 heteroatoms. The van der Waals surface area contributed by atoms with E-state index in [0.29, 0.717) is 28.7 Å². The van der Waals surface area contributed by atoms with Gasteiger partial charge in [-0.2, -0.15) is 0 Å². The minimum Gasteiger partial charge on any atom is -0.493 e. The summed E-state index contributed by atoms with van der Waals surface area (Å²) in [5, 5.41) is 0.637. The van der Waals surface area contributed by atoms with E-state index >= 15 is 0 Å². The lowest BCUT2D eigenvalue weighted by Crippen LogP contribution is -2.32. The Morgan fingerprint density at radius 1 is 0.933 bits per heavy atom. The molecule has 0 saturated heterocycles. The first-order valence-electron chi connectivity index (χ1n) is 9.22. The average molecular weight is 424 g/mol. The first kappa shape index (κ1) is 19.8. The van der Waals surface area contributed by atoms with Crippen LogP contribution in [0.3, 0.4) is 0 Å². The Labute approximate surface area is 176 Å². The summed E-state index contributed by atoms with van der Waals surface area (Å²) in [6, 6.07) is 19.6. The third-order valence-electron chi connectivity index (χ3n) is 4.64. The number of nitrogens with zero attached hydrogens (tertiary/aromatic N) is 1. The minimum absolute atomic E-state index is 0.0267. The molecule has 0 unspecified atom stereocenters. The molecule has 0 atom stereocenters. The van der Waals surface area contributed by atoms with Gasteiger partial charge in [-0.05, 0) is 41.5 Å². The van der Waals surface area contributed by atoms with Gasteiger partial charge in [-0.15, -0.1) is 0 Å². The number of ether oxygens (including phenoxy) is 2. The van der Waals surface area contributed by atoms with Crippen LogP contribution in [0.1, 0.15) is 11.1 Å². The van der Waals surface area contributed by atoms with Gasteiger partial charge in [0.05, 0.1) is 19.0 Å². The number of methoxy groups -OCH3 is 1. The van der Waals surface area contributed by atoms with Crippen molar-refractivity contribution in [2.24, 2.45) is 0 Å². The molecule has 0 fully saturated rings. The number of hydrogen-bond donors (Lipinski definition) is 0. The lowest BCUT2D eigenvalue weighted by Gasteiger charge is -2.13. The van der Waals surface area contributed by atoms with Gasteiger partial charge in [0.1, 0.15) is 12.2 Å². The van der Waals surface area contributed by atoms with Crippen molar-refractivity contribution in [3.05, 3.63) is 104 Å². The minimum atomic E-state index is -0.738. The van der Waals surface area contributed by atoms with Crippen LogP contribution in [-0.4, -0.2) is 11.7 Å². The van der Waals surface area contributed by atoms with E-state index in [1.807, 2.05) is 30.3 Å². The van der Waals surface area contributed by atoms with Gasteiger partial charge in [-0.3, -0.25) is 4.79 Å². The molecule has 0 aliphatic rings. The molecule has 30 heavy (non-hydrogen) atoms. The Morgan fingerprint density at radius 2 is 1.73 bits per heavy atom. The van der Waals surface area contributed by atoms with Gasteiger partial charge >= 0.3 is 5.76 Å². The molecule has 1 aromatic heterocycles. The van der Waals surface area contributed by atoms with E-state index in [0.717, 1.165) is 10.1 Å². The van der Waals surface area contributed by atoms with Crippen molar-refractivity contribution in [3.63, 3.8) is 0 Å². The van der Waals surface area contributed by atoms with Crippen molar-refractivity contribution in [1.29, 1.82) is 0 Å². The summed E-state index contributed by atoms with van der Waals surface area (Å²) < 4.78 is 17.6. The Bertz CT molecular complexity index is 1310. The van der Waals surface area contributed by atoms with Gasteiger partial charge in [0.15, 0.2) is 11.5 Å². The second-order valence-corrected chi connectivity index (χ2v) is 7.10. The number of aromatic nitrogens is 1. The van der Waals surface area contributed by atoms with Crippen molar-refractivity contribution in [1.82, 2.24) is 4.57 Å². The summed E-state index contributed by atoms with van der Waals surface area (Å²) in [5.41, 5.74) is 1.46. The van der Waals surface area contributed by atoms with E-state index in [9.17, 15) is 9.59 Å². The summed E-state index contributed by atoms with van der Waals surface area (Å²) in [4.78, 5) is 25.1. The van der Waals surface area contributed by atoms with E-state index in [1.54, 1.807) is 24.3 Å². The molecular weight excluding hydrogens is 406 g/mol. The molecule has 3 aromatic carbocycles. The van der Waals surface area contributed by atoms with Gasteiger partial charge in [-0.1, -0.05) is 48.0 Å². The third kappa shape index (κ3) is 4.09. The molecule has 152 valence electrons. The standard InChI is InChI=1S/C23H18ClNO5/c1-28-21-11-16(7-9-20(21)29-14-15-5-3-2-4-6-15)13-25-22(26)18-12-17(24)8-10-19(18)30-23(25)27/h2-12H,13-14H2,1H3. The number of halogens is 1. The second kappa shape index (κ2) is 8.47. The lowest BCUT2D eigenvalue weighted by atomic mass is 10.2. The number of rotatable bonds is 6. The Morgan fingerprint density at radius 3 is 2.50 bits per heavy atom. The van der Waals surface area contributed by atoms with E-state index in [4.69, 9.17) is 25.5 Å². The van der Waals surface area contributed by atoms with E-state index < -0.39 is 11.3 Å². The maximum Gasteiger partial charge on any atom is 0.422 e. The van der Waals surface area contributed by atoms with Gasteiger partial charge in [-0.25, -0.2) is 9.36 Å².